The zero-order valence-corrected chi connectivity index (χ0v) is 44.4. The molecule has 3 aliphatic rings. The highest BCUT2D eigenvalue weighted by molar-refractivity contribution is 8.03. The smallest absolute Gasteiger partial charge is 0.263 e. The van der Waals surface area contributed by atoms with Crippen molar-refractivity contribution in [2.45, 2.75) is 116 Å². The number of fused-ring (bicyclic) bond motifs is 3. The lowest BCUT2D eigenvalue weighted by Crippen LogP contribution is -2.47. The number of carbonyl (C=O) groups excluding carboxylic acids is 4. The lowest BCUT2D eigenvalue weighted by molar-refractivity contribution is -0.669. The maximum Gasteiger partial charge on any atom is 0.263 e. The summed E-state index contributed by atoms with van der Waals surface area (Å²) in [5, 5.41) is 14.3. The van der Waals surface area contributed by atoms with Gasteiger partial charge in [0, 0.05) is 56.9 Å². The van der Waals surface area contributed by atoms with E-state index in [-0.39, 0.29) is 35.5 Å². The highest BCUT2D eigenvalue weighted by Crippen LogP contribution is 2.49. The molecule has 2 heterocycles. The number of aryl methyl sites for hydroxylation is 1. The fourth-order valence-corrected chi connectivity index (χ4v) is 12.5. The summed E-state index contributed by atoms with van der Waals surface area (Å²) in [5.41, 5.74) is 11.1. The molecule has 4 N–H and O–H groups in total. The summed E-state index contributed by atoms with van der Waals surface area (Å²) in [5.74, 6) is 0.401. The van der Waals surface area contributed by atoms with Gasteiger partial charge in [-0.1, -0.05) is 130 Å². The summed E-state index contributed by atoms with van der Waals surface area (Å²) < 4.78 is 3.64. The maximum absolute atomic E-state index is 13.2. The number of thioether (sulfide) groups is 1. The molecule has 12 heteroatoms. The number of amides is 4. The Kier molecular flexibility index (Phi) is 17.7. The molecule has 0 bridgehead atoms. The zero-order chi connectivity index (χ0) is 50.7. The van der Waals surface area contributed by atoms with Crippen LogP contribution in [0.4, 0.5) is 5.69 Å². The second kappa shape index (κ2) is 24.5. The Morgan fingerprint density at radius 3 is 1.92 bits per heavy atom. The molecule has 3 atom stereocenters. The van der Waals surface area contributed by atoms with E-state index in [0.29, 0.717) is 31.8 Å². The van der Waals surface area contributed by atoms with Crippen LogP contribution in [0.1, 0.15) is 97.9 Å². The fourth-order valence-electron chi connectivity index (χ4n) is 10.1. The van der Waals surface area contributed by atoms with E-state index in [2.05, 4.69) is 168 Å². The zero-order valence-electron chi connectivity index (χ0n) is 42.8. The van der Waals surface area contributed by atoms with E-state index in [1.807, 2.05) is 35.2 Å². The van der Waals surface area contributed by atoms with Gasteiger partial charge in [0.15, 0.2) is 6.54 Å². The number of thiazole rings is 1. The largest absolute Gasteiger partial charge is 0.354 e. The van der Waals surface area contributed by atoms with Gasteiger partial charge in [0.2, 0.25) is 29.1 Å². The molecule has 1 aliphatic heterocycles. The Morgan fingerprint density at radius 1 is 0.694 bits per heavy atom. The van der Waals surface area contributed by atoms with Crippen molar-refractivity contribution in [2.75, 3.05) is 24.5 Å². The SMILES string of the molecule is CC(=O)NC(CC(C)C)C(=O)NCCCN1C(=CC2=CC3=CC(=Cc4sc5cc(-c6ccccc6)ccc5[n+]4CCCNC(=O)C(CC(C)C)NC(C)=O)CCC3CC2)Sc2cc(-c3ccccc3)ccc21. The Balaban J connectivity index is 1.04. The van der Waals surface area contributed by atoms with E-state index in [4.69, 9.17) is 0 Å². The third kappa shape index (κ3) is 13.6. The van der Waals surface area contributed by atoms with Crippen molar-refractivity contribution in [2.24, 2.45) is 17.8 Å². The Labute approximate surface area is 434 Å². The molecule has 4 amide bonds. The van der Waals surface area contributed by atoms with Crippen molar-refractivity contribution < 1.29 is 23.7 Å². The van der Waals surface area contributed by atoms with Crippen molar-refractivity contribution in [3.8, 4) is 22.3 Å². The molecule has 72 heavy (non-hydrogen) atoms. The third-order valence-corrected chi connectivity index (χ3v) is 15.7. The molecular weight excluding hydrogens is 933 g/mol. The summed E-state index contributed by atoms with van der Waals surface area (Å²) in [6.45, 7) is 13.6. The molecule has 0 saturated carbocycles. The van der Waals surface area contributed by atoms with Crippen LogP contribution in [0.3, 0.4) is 0 Å². The van der Waals surface area contributed by atoms with E-state index in [0.717, 1.165) is 51.6 Å². The molecular formula is C60H71N6O4S2+. The molecule has 1 aromatic heterocycles. The number of hydrogen-bond donors (Lipinski definition) is 4. The summed E-state index contributed by atoms with van der Waals surface area (Å²) in [7, 11) is 0. The van der Waals surface area contributed by atoms with Gasteiger partial charge in [0.25, 0.3) is 5.01 Å². The fraction of sp³-hybridized carbons (Fsp3) is 0.383. The van der Waals surface area contributed by atoms with Gasteiger partial charge in [-0.25, -0.2) is 0 Å². The minimum absolute atomic E-state index is 0.134. The summed E-state index contributed by atoms with van der Waals surface area (Å²) in [6, 6.07) is 33.5. The van der Waals surface area contributed by atoms with Crippen molar-refractivity contribution in [3.05, 3.63) is 142 Å². The molecule has 5 aromatic rings. The average molecular weight is 1000 g/mol. The van der Waals surface area contributed by atoms with Crippen LogP contribution in [-0.2, 0) is 25.7 Å². The minimum atomic E-state index is -0.542. The van der Waals surface area contributed by atoms with Crippen LogP contribution in [0.25, 0.3) is 38.5 Å². The van der Waals surface area contributed by atoms with Crippen LogP contribution in [0.2, 0.25) is 0 Å². The van der Waals surface area contributed by atoms with E-state index >= 15 is 0 Å². The van der Waals surface area contributed by atoms with Gasteiger partial charge in [-0.2, -0.15) is 4.57 Å². The molecule has 10 nitrogen and oxygen atoms in total. The van der Waals surface area contributed by atoms with Gasteiger partial charge in [-0.15, -0.1) is 0 Å². The van der Waals surface area contributed by atoms with Gasteiger partial charge >= 0.3 is 0 Å². The predicted molar refractivity (Wildman–Crippen MR) is 296 cm³/mol. The quantitative estimate of drug-likeness (QED) is 0.0455. The molecule has 376 valence electrons. The number of nitrogens with zero attached hydrogens (tertiary/aromatic N) is 2. The van der Waals surface area contributed by atoms with Crippen LogP contribution in [0.15, 0.2) is 142 Å². The molecule has 0 fully saturated rings. The van der Waals surface area contributed by atoms with E-state index < -0.39 is 12.1 Å². The molecule has 8 rings (SSSR count). The number of benzene rings is 4. The van der Waals surface area contributed by atoms with Crippen molar-refractivity contribution in [3.63, 3.8) is 0 Å². The first-order valence-corrected chi connectivity index (χ1v) is 27.5. The standard InChI is InChI=1S/C60H70N6O4S2/c1-39(2)31-51(63-41(5)67)59(69)61-27-13-29-65-53-25-23-48(45-15-9-7-10-16-45)37-55(53)71-57(65)35-43-19-21-47-22-20-44(34-50(47)33-43)36-58-66(30-14-28-62-60(70)52(32-40(3)4)64-42(6)68)54-26-24-49(38-56(54)72-58)46-17-11-8-12-18-46/h7-12,15-18,23-26,33-40,47,51-52H,13-14,19-22,27-32H2,1-6H3,(H3-,61,62,63,64,67,68,69,70)/p+1. The molecule has 2 aliphatic carbocycles. The van der Waals surface area contributed by atoms with E-state index in [1.54, 1.807) is 0 Å². The molecule has 4 aromatic carbocycles. The number of aromatic nitrogens is 1. The number of allylic oxidation sites excluding steroid dienone is 6. The highest BCUT2D eigenvalue weighted by atomic mass is 32.2. The van der Waals surface area contributed by atoms with E-state index in [1.165, 1.54) is 83.7 Å². The molecule has 0 spiro atoms. The first-order chi connectivity index (χ1) is 34.8. The van der Waals surface area contributed by atoms with Crippen molar-refractivity contribution >= 4 is 68.7 Å². The summed E-state index contributed by atoms with van der Waals surface area (Å²) >= 11 is 3.64. The van der Waals surface area contributed by atoms with Crippen molar-refractivity contribution in [1.29, 1.82) is 0 Å². The number of rotatable bonds is 20. The molecule has 0 radical (unpaired) electrons. The number of hydrogen-bond acceptors (Lipinski definition) is 7. The van der Waals surface area contributed by atoms with Crippen LogP contribution in [-0.4, -0.2) is 55.3 Å². The lowest BCUT2D eigenvalue weighted by atomic mass is 9.77. The topological polar surface area (TPSA) is 124 Å². The molecule has 3 unspecified atom stereocenters. The predicted octanol–water partition coefficient (Wildman–Crippen LogP) is 11.5. The number of anilines is 1. The van der Waals surface area contributed by atoms with E-state index in [9.17, 15) is 19.2 Å². The van der Waals surface area contributed by atoms with Gasteiger partial charge < -0.3 is 26.2 Å². The van der Waals surface area contributed by atoms with Gasteiger partial charge in [-0.3, -0.25) is 19.2 Å². The number of nitrogens with one attached hydrogen (secondary N) is 4. The van der Waals surface area contributed by atoms with Crippen LogP contribution >= 0.6 is 23.1 Å². The molecule has 0 saturated heterocycles. The van der Waals surface area contributed by atoms with Gasteiger partial charge in [0.05, 0.1) is 10.7 Å². The lowest BCUT2D eigenvalue weighted by Gasteiger charge is -2.29. The average Bonchev–Trinajstić information content (AvgIpc) is 3.88. The maximum atomic E-state index is 13.2. The minimum Gasteiger partial charge on any atom is -0.354 e. The third-order valence-electron chi connectivity index (χ3n) is 13.6. The highest BCUT2D eigenvalue weighted by Gasteiger charge is 2.30. The summed E-state index contributed by atoms with van der Waals surface area (Å²) in [4.78, 5) is 53.9. The normalized spacial score (nSPS) is 17.3. The van der Waals surface area contributed by atoms with Gasteiger partial charge in [0.1, 0.15) is 16.8 Å². The second-order valence-electron chi connectivity index (χ2n) is 20.3. The van der Waals surface area contributed by atoms with Gasteiger partial charge in [-0.05, 0) is 132 Å². The summed E-state index contributed by atoms with van der Waals surface area (Å²) in [6.07, 6.45) is 16.6. The first kappa shape index (κ1) is 52.1. The van der Waals surface area contributed by atoms with Crippen LogP contribution < -0.4 is 30.7 Å². The second-order valence-corrected chi connectivity index (χ2v) is 22.5. The number of carbonyl (C=O) groups is 4. The van der Waals surface area contributed by atoms with Crippen molar-refractivity contribution in [1.82, 2.24) is 21.3 Å². The monoisotopic (exact) mass is 1000 g/mol. The Bertz CT molecular complexity index is 2880. The Hall–Kier alpha value is -6.24. The van der Waals surface area contributed by atoms with Crippen LogP contribution in [0.5, 0.6) is 0 Å². The first-order valence-electron chi connectivity index (χ1n) is 25.9. The van der Waals surface area contributed by atoms with Crippen LogP contribution in [0, 0.1) is 17.8 Å². The Morgan fingerprint density at radius 2 is 1.29 bits per heavy atom.